The summed E-state index contributed by atoms with van der Waals surface area (Å²) in [7, 11) is -3.06. The lowest BCUT2D eigenvalue weighted by molar-refractivity contribution is 0.520. The van der Waals surface area contributed by atoms with Crippen LogP contribution in [0, 0.1) is 17.2 Å². The van der Waals surface area contributed by atoms with Crippen molar-refractivity contribution in [3.63, 3.8) is 0 Å². The average Bonchev–Trinajstić information content (AvgIpc) is 2.54. The lowest BCUT2D eigenvalue weighted by Crippen LogP contribution is -2.30. The van der Waals surface area contributed by atoms with Crippen molar-refractivity contribution in [1.82, 2.24) is 0 Å². The van der Waals surface area contributed by atoms with E-state index in [1.165, 1.54) is 0 Å². The predicted octanol–water partition coefficient (Wildman–Crippen LogP) is 3.06. The van der Waals surface area contributed by atoms with Gasteiger partial charge in [-0.3, -0.25) is 0 Å². The Hall–Kier alpha value is -0.560. The molecule has 0 saturated heterocycles. The highest BCUT2D eigenvalue weighted by Crippen LogP contribution is 2.29. The first kappa shape index (κ1) is 14.5. The molecule has 0 aromatic heterocycles. The number of nitriles is 1. The third-order valence-electron chi connectivity index (χ3n) is 3.61. The number of nitrogens with zero attached hydrogens (tertiary/aromatic N) is 1. The van der Waals surface area contributed by atoms with Gasteiger partial charge in [0.1, 0.15) is 0 Å². The minimum Gasteiger partial charge on any atom is -0.229 e. The van der Waals surface area contributed by atoms with Gasteiger partial charge in [-0.05, 0) is 19.3 Å². The van der Waals surface area contributed by atoms with Crippen LogP contribution in [-0.4, -0.2) is 19.4 Å². The van der Waals surface area contributed by atoms with Crippen molar-refractivity contribution in [3.8, 4) is 6.07 Å². The van der Waals surface area contributed by atoms with E-state index in [0.717, 1.165) is 44.9 Å². The maximum atomic E-state index is 12.2. The van der Waals surface area contributed by atoms with Gasteiger partial charge in [-0.1, -0.05) is 39.0 Å². The van der Waals surface area contributed by atoms with Crippen molar-refractivity contribution in [1.29, 1.82) is 5.26 Å². The summed E-state index contributed by atoms with van der Waals surface area (Å²) in [6, 6.07) is 2.21. The van der Waals surface area contributed by atoms with Crippen molar-refractivity contribution < 1.29 is 8.42 Å². The molecule has 0 aliphatic heterocycles. The molecule has 1 aliphatic rings. The van der Waals surface area contributed by atoms with Crippen LogP contribution < -0.4 is 0 Å². The lowest BCUT2D eigenvalue weighted by Gasteiger charge is -2.19. The van der Waals surface area contributed by atoms with Crippen LogP contribution in [0.2, 0.25) is 0 Å². The zero-order chi connectivity index (χ0) is 12.7. The van der Waals surface area contributed by atoms with Gasteiger partial charge in [-0.2, -0.15) is 5.26 Å². The fraction of sp³-hybridized carbons (Fsp3) is 0.923. The molecule has 1 saturated carbocycles. The van der Waals surface area contributed by atoms with E-state index in [1.54, 1.807) is 0 Å². The number of unbranched alkanes of at least 4 members (excludes halogenated alkanes) is 2. The summed E-state index contributed by atoms with van der Waals surface area (Å²) >= 11 is 0. The molecule has 2 unspecified atom stereocenters. The molecule has 1 rings (SSSR count). The molecule has 2 atom stereocenters. The Morgan fingerprint density at radius 3 is 2.53 bits per heavy atom. The van der Waals surface area contributed by atoms with E-state index in [9.17, 15) is 8.42 Å². The Balaban J connectivity index is 2.69. The minimum absolute atomic E-state index is 0.268. The predicted molar refractivity (Wildman–Crippen MR) is 69.3 cm³/mol. The quantitative estimate of drug-likeness (QED) is 0.562. The third-order valence-corrected chi connectivity index (χ3v) is 5.96. The number of hydrogen-bond donors (Lipinski definition) is 0. The summed E-state index contributed by atoms with van der Waals surface area (Å²) in [6.07, 6.45) is 7.20. The number of sulfone groups is 1. The number of rotatable bonds is 5. The average molecular weight is 257 g/mol. The van der Waals surface area contributed by atoms with Crippen molar-refractivity contribution in [2.24, 2.45) is 5.92 Å². The van der Waals surface area contributed by atoms with Crippen LogP contribution in [0.3, 0.4) is 0 Å². The molecule has 0 N–H and O–H groups in total. The fourth-order valence-corrected chi connectivity index (χ4v) is 4.69. The van der Waals surface area contributed by atoms with Crippen LogP contribution in [0.5, 0.6) is 0 Å². The summed E-state index contributed by atoms with van der Waals surface area (Å²) in [4.78, 5) is 0. The summed E-state index contributed by atoms with van der Waals surface area (Å²) in [5.74, 6) is -0.00641. The van der Waals surface area contributed by atoms with E-state index in [2.05, 4.69) is 13.0 Å². The molecule has 0 aromatic carbocycles. The molecule has 0 heterocycles. The second-order valence-electron chi connectivity index (χ2n) is 4.99. The highest BCUT2D eigenvalue weighted by atomic mass is 32.2. The van der Waals surface area contributed by atoms with Gasteiger partial charge < -0.3 is 0 Å². The van der Waals surface area contributed by atoms with Gasteiger partial charge >= 0.3 is 0 Å². The minimum atomic E-state index is -3.06. The Morgan fingerprint density at radius 2 is 1.88 bits per heavy atom. The van der Waals surface area contributed by atoms with Gasteiger partial charge in [0, 0.05) is 0 Å². The van der Waals surface area contributed by atoms with Crippen LogP contribution >= 0.6 is 0 Å². The van der Waals surface area contributed by atoms with Gasteiger partial charge in [0.2, 0.25) is 0 Å². The summed E-state index contributed by atoms with van der Waals surface area (Å²) in [5, 5.41) is 8.71. The third kappa shape index (κ3) is 4.31. The maximum Gasteiger partial charge on any atom is 0.154 e. The largest absolute Gasteiger partial charge is 0.229 e. The Kier molecular flexibility index (Phi) is 5.97. The molecule has 3 nitrogen and oxygen atoms in total. The first-order chi connectivity index (χ1) is 8.11. The van der Waals surface area contributed by atoms with Gasteiger partial charge in [-0.25, -0.2) is 8.42 Å². The molecule has 0 aromatic rings. The van der Waals surface area contributed by atoms with Gasteiger partial charge in [0.25, 0.3) is 0 Å². The molecular formula is C13H23NO2S. The van der Waals surface area contributed by atoms with Gasteiger partial charge in [-0.15, -0.1) is 0 Å². The standard InChI is InChI=1S/C13H23NO2S/c1-2-3-7-10-17(15,16)13-9-6-4-5-8-12(13)11-14/h12-13H,2-10H2,1H3. The molecule has 98 valence electrons. The highest BCUT2D eigenvalue weighted by molar-refractivity contribution is 7.92. The summed E-state index contributed by atoms with van der Waals surface area (Å²) in [6.45, 7) is 2.07. The van der Waals surface area contributed by atoms with Gasteiger partial charge in [0.15, 0.2) is 9.84 Å². The molecule has 0 spiro atoms. The maximum absolute atomic E-state index is 12.2. The highest BCUT2D eigenvalue weighted by Gasteiger charge is 2.33. The first-order valence-corrected chi connectivity index (χ1v) is 8.44. The van der Waals surface area contributed by atoms with Crippen molar-refractivity contribution in [2.75, 3.05) is 5.75 Å². The molecule has 4 heteroatoms. The summed E-state index contributed by atoms with van der Waals surface area (Å²) < 4.78 is 24.5. The van der Waals surface area contributed by atoms with E-state index >= 15 is 0 Å². The van der Waals surface area contributed by atoms with E-state index in [0.29, 0.717) is 6.42 Å². The zero-order valence-electron chi connectivity index (χ0n) is 10.7. The zero-order valence-corrected chi connectivity index (χ0v) is 11.5. The first-order valence-electron chi connectivity index (χ1n) is 6.73. The normalized spacial score (nSPS) is 26.1. The Morgan fingerprint density at radius 1 is 1.18 bits per heavy atom. The lowest BCUT2D eigenvalue weighted by atomic mass is 10.0. The fourth-order valence-electron chi connectivity index (χ4n) is 2.56. The second kappa shape index (κ2) is 7.00. The molecule has 17 heavy (non-hydrogen) atoms. The molecular weight excluding hydrogens is 234 g/mol. The van der Waals surface area contributed by atoms with E-state index in [-0.39, 0.29) is 11.7 Å². The Labute approximate surface area is 105 Å². The summed E-state index contributed by atoms with van der Waals surface area (Å²) in [5.41, 5.74) is 0. The van der Waals surface area contributed by atoms with Crippen molar-refractivity contribution in [2.45, 2.75) is 63.5 Å². The molecule has 0 radical (unpaired) electrons. The van der Waals surface area contributed by atoms with E-state index in [4.69, 9.17) is 5.26 Å². The van der Waals surface area contributed by atoms with Gasteiger partial charge in [0.05, 0.1) is 23.0 Å². The van der Waals surface area contributed by atoms with Crippen molar-refractivity contribution >= 4 is 9.84 Å². The molecule has 0 amide bonds. The smallest absolute Gasteiger partial charge is 0.154 e. The van der Waals surface area contributed by atoms with Crippen LogP contribution in [0.4, 0.5) is 0 Å². The van der Waals surface area contributed by atoms with E-state index in [1.807, 2.05) is 0 Å². The van der Waals surface area contributed by atoms with Crippen molar-refractivity contribution in [3.05, 3.63) is 0 Å². The van der Waals surface area contributed by atoms with E-state index < -0.39 is 15.1 Å². The second-order valence-corrected chi connectivity index (χ2v) is 7.33. The van der Waals surface area contributed by atoms with Crippen LogP contribution in [0.1, 0.15) is 58.3 Å². The van der Waals surface area contributed by atoms with Crippen LogP contribution in [0.25, 0.3) is 0 Å². The molecule has 1 aliphatic carbocycles. The SMILES string of the molecule is CCCCCS(=O)(=O)C1CCCCCC1C#N. The number of hydrogen-bond acceptors (Lipinski definition) is 3. The topological polar surface area (TPSA) is 57.9 Å². The molecule has 0 bridgehead atoms. The Bertz CT molecular complexity index is 356. The van der Waals surface area contributed by atoms with Crippen LogP contribution in [-0.2, 0) is 9.84 Å². The monoisotopic (exact) mass is 257 g/mol. The van der Waals surface area contributed by atoms with Crippen LogP contribution in [0.15, 0.2) is 0 Å². The molecule has 1 fully saturated rings.